The van der Waals surface area contributed by atoms with Gasteiger partial charge < -0.3 is 81.4 Å². The molecular weight excluding hydrogens is 1160 g/mol. The molecule has 1 rings (SSSR count). The molecule has 0 aliphatic heterocycles. The second-order valence-electron chi connectivity index (χ2n) is 23.7. The molecule has 29 nitrogen and oxygen atoms in total. The van der Waals surface area contributed by atoms with Crippen LogP contribution in [0.1, 0.15) is 150 Å². The standard InChI is InChI=1S/C60H99N13O16/c1-32(2)22-39(54(62)85)27-48(79)44(14-11-21-68-60(65)66)71-57(88)40(25-37-15-17-42(77)18-16-37)28-49(80)43(13-8-9-19-61)70-58(89)41(30-52(83)84)29-51(82)53(35(6)75)73-55(86)34(5)24-47(78)46(31-74)72-56(87)38(12-10-20-67-59(63)64)26-50(81)45(23-33(3)4)69-36(7)76/h15-18,32-35,38-41,43-46,53,74-75,77H,8-14,19-31,61H2,1-7H3,(H2,62,85)(H,69,76)(H,70,89)(H,71,88)(H,72,87)(H,73,86)(H,83,84)(H4,63,64,67)(H4,65,66,68)/t34-,35-,38-,39-,40-,41+,43+,44+,45+,46+,53+/m1/s1. The van der Waals surface area contributed by atoms with Gasteiger partial charge in [-0.15, -0.1) is 0 Å². The van der Waals surface area contributed by atoms with Gasteiger partial charge in [-0.25, -0.2) is 0 Å². The van der Waals surface area contributed by atoms with Gasteiger partial charge in [0, 0.05) is 75.8 Å². The minimum atomic E-state index is -1.79. The number of aliphatic hydroxyl groups is 2. The summed E-state index contributed by atoms with van der Waals surface area (Å²) in [6, 6.07) is -1.14. The minimum absolute atomic E-state index is 0.0105. The summed E-state index contributed by atoms with van der Waals surface area (Å²) < 4.78 is 0. The number of carbonyl (C=O) groups is 12. The molecule has 0 spiro atoms. The van der Waals surface area contributed by atoms with Crippen molar-refractivity contribution >= 4 is 82.2 Å². The Morgan fingerprint density at radius 3 is 1.45 bits per heavy atom. The zero-order valence-corrected chi connectivity index (χ0v) is 52.5. The fourth-order valence-electron chi connectivity index (χ4n) is 9.92. The first-order valence-electron chi connectivity index (χ1n) is 30.2. The predicted molar refractivity (Wildman–Crippen MR) is 330 cm³/mol. The number of carboxylic acids is 1. The van der Waals surface area contributed by atoms with Gasteiger partial charge in [0.05, 0.1) is 43.2 Å². The number of nitrogens with one attached hydrogen (secondary N) is 5. The molecule has 0 aliphatic carbocycles. The summed E-state index contributed by atoms with van der Waals surface area (Å²) in [5.74, 6) is -16.6. The fraction of sp³-hybridized carbons (Fsp3) is 0.667. The Kier molecular flexibility index (Phi) is 36.7. The average molecular weight is 1260 g/mol. The number of guanidine groups is 2. The van der Waals surface area contributed by atoms with Crippen molar-refractivity contribution in [1.29, 1.82) is 0 Å². The summed E-state index contributed by atoms with van der Waals surface area (Å²) in [7, 11) is 0. The topological polar surface area (TPSA) is 527 Å². The number of benzene rings is 1. The lowest BCUT2D eigenvalue weighted by molar-refractivity contribution is -0.143. The number of amides is 6. The number of ketones is 5. The molecule has 0 heterocycles. The Morgan fingerprint density at radius 2 is 0.966 bits per heavy atom. The smallest absolute Gasteiger partial charge is 0.304 e. The normalized spacial score (nSPS) is 15.0. The first-order valence-corrected chi connectivity index (χ1v) is 30.2. The highest BCUT2D eigenvalue weighted by molar-refractivity contribution is 5.99. The molecule has 1 aromatic carbocycles. The molecule has 0 bridgehead atoms. The van der Waals surface area contributed by atoms with Gasteiger partial charge >= 0.3 is 5.97 Å². The van der Waals surface area contributed by atoms with Gasteiger partial charge in [0.15, 0.2) is 40.8 Å². The maximum Gasteiger partial charge on any atom is 0.304 e. The zero-order valence-electron chi connectivity index (χ0n) is 52.5. The van der Waals surface area contributed by atoms with Crippen molar-refractivity contribution in [1.82, 2.24) is 26.6 Å². The third-order valence-corrected chi connectivity index (χ3v) is 14.7. The highest BCUT2D eigenvalue weighted by Gasteiger charge is 2.37. The summed E-state index contributed by atoms with van der Waals surface area (Å²) in [6.07, 6.45) is -3.94. The van der Waals surface area contributed by atoms with Gasteiger partial charge in [-0.05, 0) is 107 Å². The van der Waals surface area contributed by atoms with E-state index in [4.69, 9.17) is 34.4 Å². The number of nitrogens with two attached hydrogens (primary N) is 6. The first-order chi connectivity index (χ1) is 41.7. The third kappa shape index (κ3) is 32.2. The maximum absolute atomic E-state index is 14.5. The summed E-state index contributed by atoms with van der Waals surface area (Å²) in [5.41, 5.74) is 33.8. The number of phenols is 1. The molecule has 89 heavy (non-hydrogen) atoms. The van der Waals surface area contributed by atoms with E-state index in [0.717, 1.165) is 6.92 Å². The number of phenolic OH excluding ortho intramolecular Hbond substituents is 1. The highest BCUT2D eigenvalue weighted by Crippen LogP contribution is 2.24. The summed E-state index contributed by atoms with van der Waals surface area (Å²) in [5, 5.41) is 53.8. The number of hydrogen-bond donors (Lipinski definition) is 15. The van der Waals surface area contributed by atoms with Crippen LogP contribution in [0.2, 0.25) is 0 Å². The van der Waals surface area contributed by atoms with Crippen LogP contribution in [0.25, 0.3) is 0 Å². The van der Waals surface area contributed by atoms with Crippen LogP contribution in [0.15, 0.2) is 34.3 Å². The molecule has 1 aromatic rings. The number of aliphatic imine (C=N–C) groups is 2. The fourth-order valence-corrected chi connectivity index (χ4v) is 9.92. The number of carboxylic acid groups (broad SMARTS) is 1. The average Bonchev–Trinajstić information content (AvgIpc) is 2.29. The Bertz CT molecular complexity index is 2590. The quantitative estimate of drug-likeness (QED) is 0.0210. The van der Waals surface area contributed by atoms with Gasteiger partial charge in [-0.2, -0.15) is 0 Å². The molecule has 0 aliphatic rings. The van der Waals surface area contributed by atoms with Gasteiger partial charge in [0.2, 0.25) is 35.4 Å². The van der Waals surface area contributed by atoms with Gasteiger partial charge in [-0.3, -0.25) is 67.5 Å². The van der Waals surface area contributed by atoms with Crippen molar-refractivity contribution < 1.29 is 78.0 Å². The van der Waals surface area contributed by atoms with E-state index in [2.05, 4.69) is 36.6 Å². The molecule has 6 amide bonds. The van der Waals surface area contributed by atoms with Crippen LogP contribution in [0.3, 0.4) is 0 Å². The number of aliphatic hydroxyl groups excluding tert-OH is 2. The number of Topliss-reactive ketones (excluding diaryl/α,β-unsaturated/α-hetero) is 5. The molecule has 0 saturated heterocycles. The Labute approximate surface area is 520 Å². The summed E-state index contributed by atoms with van der Waals surface area (Å²) >= 11 is 0. The van der Waals surface area contributed by atoms with E-state index in [-0.39, 0.29) is 120 Å². The second kappa shape index (κ2) is 41.3. The van der Waals surface area contributed by atoms with E-state index < -0.39 is 169 Å². The Balaban J connectivity index is 3.51. The number of carbonyl (C=O) groups excluding carboxylic acids is 11. The lowest BCUT2D eigenvalue weighted by Crippen LogP contribution is -2.52. The molecule has 500 valence electrons. The van der Waals surface area contributed by atoms with Crippen molar-refractivity contribution in [2.45, 2.75) is 188 Å². The molecular formula is C60H99N13O16. The van der Waals surface area contributed by atoms with E-state index in [9.17, 15) is 78.0 Å². The van der Waals surface area contributed by atoms with Crippen LogP contribution in [0.4, 0.5) is 0 Å². The number of rotatable bonds is 47. The number of aromatic hydroxyl groups is 1. The Morgan fingerprint density at radius 1 is 0.506 bits per heavy atom. The number of primary amides is 1. The molecule has 0 saturated carbocycles. The minimum Gasteiger partial charge on any atom is -0.508 e. The van der Waals surface area contributed by atoms with Crippen molar-refractivity contribution in [3.63, 3.8) is 0 Å². The SMILES string of the molecule is CC(=O)N[C@@H](CC(C)C)C(=O)C[C@@H](CCCN=C(N)N)C(=O)N[C@@H](CO)C(=O)C[C@@H](C)C(=O)N[C@H](C(=O)C[C@@H](CC(=O)O)C(=O)N[C@@H](CCCCN)C(=O)C[C@@H](Cc1ccc(O)cc1)C(=O)N[C@@H](CCCN=C(N)N)C(=O)C[C@@H](CC(C)C)C(N)=O)[C@@H](C)O. The monoisotopic (exact) mass is 1260 g/mol. The first kappa shape index (κ1) is 79.1. The number of nitrogens with zero attached hydrogens (tertiary/aromatic N) is 2. The Hall–Kier alpha value is -7.92. The van der Waals surface area contributed by atoms with Crippen molar-refractivity contribution in [3.8, 4) is 5.75 Å². The van der Waals surface area contributed by atoms with E-state index in [1.165, 1.54) is 38.1 Å². The van der Waals surface area contributed by atoms with E-state index in [1.807, 2.05) is 27.7 Å². The molecule has 0 fully saturated rings. The molecule has 0 aromatic heterocycles. The van der Waals surface area contributed by atoms with Gasteiger partial charge in [0.1, 0.15) is 17.8 Å². The van der Waals surface area contributed by atoms with Gasteiger partial charge in [0.25, 0.3) is 0 Å². The van der Waals surface area contributed by atoms with Crippen LogP contribution < -0.4 is 61.0 Å². The lowest BCUT2D eigenvalue weighted by atomic mass is 9.87. The molecule has 29 heteroatoms. The molecule has 11 atom stereocenters. The van der Waals surface area contributed by atoms with Crippen molar-refractivity contribution in [2.75, 3.05) is 26.2 Å². The van der Waals surface area contributed by atoms with Gasteiger partial charge in [-0.1, -0.05) is 46.8 Å². The van der Waals surface area contributed by atoms with Crippen molar-refractivity contribution in [2.24, 2.45) is 85.8 Å². The lowest BCUT2D eigenvalue weighted by Gasteiger charge is -2.27. The molecule has 21 N–H and O–H groups in total. The van der Waals surface area contributed by atoms with Crippen LogP contribution in [0.5, 0.6) is 5.75 Å². The molecule has 0 radical (unpaired) electrons. The maximum atomic E-state index is 14.5. The van der Waals surface area contributed by atoms with Crippen LogP contribution in [-0.2, 0) is 64.0 Å². The van der Waals surface area contributed by atoms with Crippen LogP contribution >= 0.6 is 0 Å². The third-order valence-electron chi connectivity index (χ3n) is 14.7. The van der Waals surface area contributed by atoms with Crippen LogP contribution in [-0.4, -0.2) is 165 Å². The summed E-state index contributed by atoms with van der Waals surface area (Å²) in [4.78, 5) is 170. The van der Waals surface area contributed by atoms with E-state index in [0.29, 0.717) is 12.0 Å². The number of aliphatic carboxylic acids is 1. The highest BCUT2D eigenvalue weighted by atomic mass is 16.4. The van der Waals surface area contributed by atoms with E-state index in [1.54, 1.807) is 0 Å². The second-order valence-corrected chi connectivity index (χ2v) is 23.7. The number of hydrogen-bond acceptors (Lipinski definition) is 18. The largest absolute Gasteiger partial charge is 0.508 e. The number of unbranched alkanes of at least 4 members (excludes halogenated alkanes) is 1. The predicted octanol–water partition coefficient (Wildman–Crippen LogP) is -1.06. The van der Waals surface area contributed by atoms with Crippen LogP contribution in [0, 0.1) is 41.4 Å². The molecule has 0 unspecified atom stereocenters. The zero-order chi connectivity index (χ0) is 67.7. The van der Waals surface area contributed by atoms with E-state index >= 15 is 0 Å². The summed E-state index contributed by atoms with van der Waals surface area (Å²) in [6.45, 7) is 10.5. The van der Waals surface area contributed by atoms with Crippen molar-refractivity contribution in [3.05, 3.63) is 29.8 Å².